The molecule has 1 aromatic rings. The fourth-order valence-electron chi connectivity index (χ4n) is 4.53. The summed E-state index contributed by atoms with van der Waals surface area (Å²) in [5.41, 5.74) is 2.46. The summed E-state index contributed by atoms with van der Waals surface area (Å²) in [5.74, 6) is 2.37. The first kappa shape index (κ1) is 21.6. The Hall–Kier alpha value is -2.10. The van der Waals surface area contributed by atoms with Crippen LogP contribution in [0.15, 0.2) is 42.0 Å². The van der Waals surface area contributed by atoms with Crippen molar-refractivity contribution in [1.82, 2.24) is 10.2 Å². The Bertz CT molecular complexity index is 736. The Morgan fingerprint density at radius 3 is 2.48 bits per heavy atom. The molecule has 2 aliphatic rings. The van der Waals surface area contributed by atoms with Crippen molar-refractivity contribution < 1.29 is 9.59 Å². The molecule has 1 saturated carbocycles. The van der Waals surface area contributed by atoms with E-state index in [1.54, 1.807) is 0 Å². The molecule has 0 aromatic heterocycles. The van der Waals surface area contributed by atoms with Gasteiger partial charge in [0.2, 0.25) is 11.8 Å². The van der Waals surface area contributed by atoms with Crippen LogP contribution in [0.25, 0.3) is 0 Å². The first-order valence-electron chi connectivity index (χ1n) is 11.1. The lowest BCUT2D eigenvalue weighted by molar-refractivity contribution is -0.131. The molecule has 3 rings (SSSR count). The third-order valence-electron chi connectivity index (χ3n) is 6.65. The van der Waals surface area contributed by atoms with Crippen LogP contribution in [-0.4, -0.2) is 30.3 Å². The molecule has 0 unspecified atom stereocenters. The maximum atomic E-state index is 12.9. The van der Waals surface area contributed by atoms with Gasteiger partial charge in [0, 0.05) is 32.5 Å². The second-order valence-corrected chi connectivity index (χ2v) is 9.37. The Balaban J connectivity index is 1.59. The number of amides is 2. The number of benzene rings is 1. The zero-order chi connectivity index (χ0) is 21.0. The highest BCUT2D eigenvalue weighted by Gasteiger charge is 2.34. The van der Waals surface area contributed by atoms with Crippen LogP contribution < -0.4 is 5.32 Å². The molecule has 1 fully saturated rings. The van der Waals surface area contributed by atoms with Gasteiger partial charge in [0.25, 0.3) is 0 Å². The van der Waals surface area contributed by atoms with Crippen molar-refractivity contribution in [2.45, 2.75) is 53.0 Å². The van der Waals surface area contributed by atoms with E-state index in [1.807, 2.05) is 30.1 Å². The Labute approximate surface area is 175 Å². The topological polar surface area (TPSA) is 49.4 Å². The molecular formula is C25H36N2O2. The van der Waals surface area contributed by atoms with E-state index in [0.717, 1.165) is 31.4 Å². The average molecular weight is 397 g/mol. The molecule has 4 heteroatoms. The summed E-state index contributed by atoms with van der Waals surface area (Å²) in [4.78, 5) is 26.8. The molecule has 0 saturated heterocycles. The summed E-state index contributed by atoms with van der Waals surface area (Å²) < 4.78 is 0. The lowest BCUT2D eigenvalue weighted by Crippen LogP contribution is -2.38. The number of hydrogen-bond donors (Lipinski definition) is 1. The lowest BCUT2D eigenvalue weighted by Gasteiger charge is -2.37. The molecule has 4 nitrogen and oxygen atoms in total. The van der Waals surface area contributed by atoms with E-state index >= 15 is 0 Å². The highest BCUT2D eigenvalue weighted by atomic mass is 16.2. The van der Waals surface area contributed by atoms with Gasteiger partial charge in [0.15, 0.2) is 0 Å². The minimum Gasteiger partial charge on any atom is -0.355 e. The van der Waals surface area contributed by atoms with E-state index in [4.69, 9.17) is 0 Å². The maximum Gasteiger partial charge on any atom is 0.223 e. The van der Waals surface area contributed by atoms with Crippen LogP contribution in [0, 0.1) is 29.6 Å². The van der Waals surface area contributed by atoms with Gasteiger partial charge in [0.1, 0.15) is 0 Å². The van der Waals surface area contributed by atoms with Crippen LogP contribution in [0.1, 0.15) is 52.0 Å². The van der Waals surface area contributed by atoms with Gasteiger partial charge in [0.05, 0.1) is 0 Å². The van der Waals surface area contributed by atoms with E-state index in [1.165, 1.54) is 5.57 Å². The molecular weight excluding hydrogens is 360 g/mol. The normalized spacial score (nSPS) is 24.2. The van der Waals surface area contributed by atoms with Gasteiger partial charge in [-0.05, 0) is 55.4 Å². The van der Waals surface area contributed by atoms with Crippen molar-refractivity contribution in [3.8, 4) is 0 Å². The summed E-state index contributed by atoms with van der Waals surface area (Å²) >= 11 is 0. The van der Waals surface area contributed by atoms with Crippen molar-refractivity contribution >= 4 is 11.8 Å². The SMILES string of the molecule is CC1=C[C@@H](CNC(=O)C2CC2)[C@H](C(C)C)C[C@H]1CC(=O)N(C)Cc1ccccc1. The largest absolute Gasteiger partial charge is 0.355 e. The highest BCUT2D eigenvalue weighted by Crippen LogP contribution is 2.39. The number of carbonyl (C=O) groups excluding carboxylic acids is 2. The van der Waals surface area contributed by atoms with Crippen molar-refractivity contribution in [2.24, 2.45) is 29.6 Å². The summed E-state index contributed by atoms with van der Waals surface area (Å²) in [7, 11) is 1.90. The molecule has 0 radical (unpaired) electrons. The van der Waals surface area contributed by atoms with Crippen LogP contribution in [0.3, 0.4) is 0 Å². The van der Waals surface area contributed by atoms with Crippen molar-refractivity contribution in [3.05, 3.63) is 47.5 Å². The molecule has 1 aromatic carbocycles. The number of carbonyl (C=O) groups is 2. The summed E-state index contributed by atoms with van der Waals surface area (Å²) in [5, 5.41) is 3.16. The van der Waals surface area contributed by atoms with E-state index < -0.39 is 0 Å². The van der Waals surface area contributed by atoms with Crippen LogP contribution in [-0.2, 0) is 16.1 Å². The molecule has 1 N–H and O–H groups in total. The van der Waals surface area contributed by atoms with Gasteiger partial charge < -0.3 is 10.2 Å². The molecule has 3 atom stereocenters. The van der Waals surface area contributed by atoms with Gasteiger partial charge in [-0.3, -0.25) is 9.59 Å². The Morgan fingerprint density at radius 1 is 1.17 bits per heavy atom. The first-order chi connectivity index (χ1) is 13.8. The second kappa shape index (κ2) is 9.60. The van der Waals surface area contributed by atoms with Gasteiger partial charge in [-0.25, -0.2) is 0 Å². The van der Waals surface area contributed by atoms with E-state index in [2.05, 4.69) is 44.3 Å². The standard InChI is InChI=1S/C25H36N2O2/c1-17(2)23-13-21(14-24(28)27(4)16-19-8-6-5-7-9-19)18(3)12-22(23)15-26-25(29)20-10-11-20/h5-9,12,17,20-23H,10-11,13-16H2,1-4H3,(H,26,29)/t21-,22-,23-/m0/s1. The highest BCUT2D eigenvalue weighted by molar-refractivity contribution is 5.80. The summed E-state index contributed by atoms with van der Waals surface area (Å²) in [6.07, 6.45) is 6.00. The second-order valence-electron chi connectivity index (χ2n) is 9.37. The minimum absolute atomic E-state index is 0.203. The summed E-state index contributed by atoms with van der Waals surface area (Å²) in [6.45, 7) is 8.05. The van der Waals surface area contributed by atoms with Gasteiger partial charge in [-0.1, -0.05) is 55.8 Å². The zero-order valence-corrected chi connectivity index (χ0v) is 18.4. The molecule has 0 spiro atoms. The summed E-state index contributed by atoms with van der Waals surface area (Å²) in [6, 6.07) is 10.1. The van der Waals surface area contributed by atoms with Crippen LogP contribution in [0.2, 0.25) is 0 Å². The van der Waals surface area contributed by atoms with E-state index in [-0.39, 0.29) is 17.7 Å². The lowest BCUT2D eigenvalue weighted by atomic mass is 9.69. The predicted octanol–water partition coefficient (Wildman–Crippen LogP) is 4.42. The van der Waals surface area contributed by atoms with Crippen LogP contribution in [0.4, 0.5) is 0 Å². The van der Waals surface area contributed by atoms with Crippen molar-refractivity contribution in [1.29, 1.82) is 0 Å². The number of nitrogens with one attached hydrogen (secondary N) is 1. The third-order valence-corrected chi connectivity index (χ3v) is 6.65. The van der Waals surface area contributed by atoms with E-state index in [9.17, 15) is 9.59 Å². The minimum atomic E-state index is 0.203. The molecule has 2 amide bonds. The smallest absolute Gasteiger partial charge is 0.223 e. The number of allylic oxidation sites excluding steroid dienone is 1. The van der Waals surface area contributed by atoms with Crippen molar-refractivity contribution in [2.75, 3.05) is 13.6 Å². The Morgan fingerprint density at radius 2 is 1.86 bits per heavy atom. The molecule has 2 aliphatic carbocycles. The molecule has 158 valence electrons. The van der Waals surface area contributed by atoms with Crippen molar-refractivity contribution in [3.63, 3.8) is 0 Å². The van der Waals surface area contributed by atoms with Gasteiger partial charge in [-0.2, -0.15) is 0 Å². The number of hydrogen-bond acceptors (Lipinski definition) is 2. The third kappa shape index (κ3) is 5.94. The molecule has 0 aliphatic heterocycles. The molecule has 29 heavy (non-hydrogen) atoms. The fourth-order valence-corrected chi connectivity index (χ4v) is 4.53. The Kier molecular flexibility index (Phi) is 7.15. The zero-order valence-electron chi connectivity index (χ0n) is 18.4. The average Bonchev–Trinajstić information content (AvgIpc) is 3.53. The number of nitrogens with zero attached hydrogens (tertiary/aromatic N) is 1. The van der Waals surface area contributed by atoms with Crippen LogP contribution in [0.5, 0.6) is 0 Å². The monoisotopic (exact) mass is 396 g/mol. The fraction of sp³-hybridized carbons (Fsp3) is 0.600. The quantitative estimate of drug-likeness (QED) is 0.662. The first-order valence-corrected chi connectivity index (χ1v) is 11.1. The predicted molar refractivity (Wildman–Crippen MR) is 117 cm³/mol. The molecule has 0 bridgehead atoms. The van der Waals surface area contributed by atoms with Crippen LogP contribution >= 0.6 is 0 Å². The van der Waals surface area contributed by atoms with E-state index in [0.29, 0.717) is 36.6 Å². The maximum absolute atomic E-state index is 12.9. The number of rotatable bonds is 8. The van der Waals surface area contributed by atoms with Gasteiger partial charge in [-0.15, -0.1) is 0 Å². The molecule has 0 heterocycles. The van der Waals surface area contributed by atoms with Gasteiger partial charge >= 0.3 is 0 Å².